The molecule has 0 spiro atoms. The van der Waals surface area contributed by atoms with Gasteiger partial charge in [0.25, 0.3) is 0 Å². The number of carbonyl (C=O) groups is 1. The van der Waals surface area contributed by atoms with Crippen LogP contribution >= 0.6 is 0 Å². The van der Waals surface area contributed by atoms with Crippen LogP contribution in [-0.2, 0) is 4.79 Å². The van der Waals surface area contributed by atoms with Crippen LogP contribution in [-0.4, -0.2) is 34.9 Å². The van der Waals surface area contributed by atoms with Crippen LogP contribution in [0.1, 0.15) is 219 Å². The van der Waals surface area contributed by atoms with E-state index in [4.69, 9.17) is 0 Å². The first-order valence-electron chi connectivity index (χ1n) is 22.5. The lowest BCUT2D eigenvalue weighted by Crippen LogP contribution is -2.45. The van der Waals surface area contributed by atoms with Crippen LogP contribution in [0, 0.1) is 0 Å². The second-order valence-electron chi connectivity index (χ2n) is 15.1. The zero-order valence-corrected chi connectivity index (χ0v) is 34.6. The topological polar surface area (TPSA) is 69.6 Å². The fourth-order valence-corrected chi connectivity index (χ4v) is 6.58. The highest BCUT2D eigenvalue weighted by atomic mass is 16.3. The Morgan fingerprint density at radius 3 is 1.27 bits per heavy atom. The van der Waals surface area contributed by atoms with Crippen molar-refractivity contribution in [1.29, 1.82) is 0 Å². The summed E-state index contributed by atoms with van der Waals surface area (Å²) < 4.78 is 0. The Kier molecular flexibility index (Phi) is 41.9. The molecule has 4 nitrogen and oxygen atoms in total. The number of nitrogens with one attached hydrogen (secondary N) is 1. The van der Waals surface area contributed by atoms with Crippen LogP contribution in [0.3, 0.4) is 0 Å². The molecule has 0 fully saturated rings. The van der Waals surface area contributed by atoms with E-state index in [2.05, 4.69) is 67.8 Å². The molecule has 2 unspecified atom stereocenters. The number of rotatable bonds is 40. The molecule has 3 N–H and O–H groups in total. The zero-order valence-electron chi connectivity index (χ0n) is 34.6. The zero-order chi connectivity index (χ0) is 37.8. The molecule has 1 amide bonds. The highest BCUT2D eigenvalue weighted by Gasteiger charge is 2.17. The molecule has 0 aliphatic rings. The van der Waals surface area contributed by atoms with Gasteiger partial charge in [-0.25, -0.2) is 0 Å². The molecular weight excluding hydrogens is 639 g/mol. The normalized spacial score (nSPS) is 13.5. The van der Waals surface area contributed by atoms with Crippen molar-refractivity contribution in [2.75, 3.05) is 6.61 Å². The summed E-state index contributed by atoms with van der Waals surface area (Å²) in [5.74, 6) is -0.0681. The minimum absolute atomic E-state index is 0.0681. The van der Waals surface area contributed by atoms with E-state index in [0.29, 0.717) is 6.42 Å². The number of hydrogen-bond donors (Lipinski definition) is 3. The molecule has 0 rings (SSSR count). The van der Waals surface area contributed by atoms with E-state index in [1.807, 2.05) is 6.08 Å². The smallest absolute Gasteiger partial charge is 0.220 e. The van der Waals surface area contributed by atoms with Crippen LogP contribution in [0.15, 0.2) is 60.8 Å². The van der Waals surface area contributed by atoms with E-state index < -0.39 is 12.1 Å². The van der Waals surface area contributed by atoms with Crippen molar-refractivity contribution < 1.29 is 15.0 Å². The SMILES string of the molecule is CC/C=C\C/C=C\C/C=C\C/C=C\CCCCCCCCCCCCCCCCCCCCCCC(=O)NC(CO)C(O)/C=C/CCCCCCC. The summed E-state index contributed by atoms with van der Waals surface area (Å²) in [7, 11) is 0. The Morgan fingerprint density at radius 1 is 0.481 bits per heavy atom. The molecule has 0 aliphatic heterocycles. The van der Waals surface area contributed by atoms with E-state index in [-0.39, 0.29) is 12.5 Å². The minimum atomic E-state index is -0.835. The van der Waals surface area contributed by atoms with Gasteiger partial charge in [-0.1, -0.05) is 216 Å². The lowest BCUT2D eigenvalue weighted by Gasteiger charge is -2.20. The van der Waals surface area contributed by atoms with Crippen molar-refractivity contribution >= 4 is 5.91 Å². The first kappa shape index (κ1) is 50.1. The van der Waals surface area contributed by atoms with E-state index in [1.165, 1.54) is 148 Å². The summed E-state index contributed by atoms with van der Waals surface area (Å²) in [5.41, 5.74) is 0. The monoisotopic (exact) mass is 726 g/mol. The molecule has 0 aromatic heterocycles. The van der Waals surface area contributed by atoms with Gasteiger partial charge < -0.3 is 15.5 Å². The number of aliphatic hydroxyl groups is 2. The van der Waals surface area contributed by atoms with Crippen LogP contribution in [0.4, 0.5) is 0 Å². The van der Waals surface area contributed by atoms with Gasteiger partial charge in [0.2, 0.25) is 5.91 Å². The Morgan fingerprint density at radius 2 is 0.846 bits per heavy atom. The molecule has 0 aliphatic carbocycles. The summed E-state index contributed by atoms with van der Waals surface area (Å²) in [5, 5.41) is 22.8. The molecule has 0 saturated carbocycles. The average Bonchev–Trinajstić information content (AvgIpc) is 3.15. The van der Waals surface area contributed by atoms with Gasteiger partial charge in [0.05, 0.1) is 18.8 Å². The first-order chi connectivity index (χ1) is 25.7. The molecule has 0 aromatic rings. The van der Waals surface area contributed by atoms with Gasteiger partial charge in [0.1, 0.15) is 0 Å². The average molecular weight is 726 g/mol. The van der Waals surface area contributed by atoms with Crippen molar-refractivity contribution in [3.63, 3.8) is 0 Å². The number of unbranched alkanes of at least 4 members (excludes halogenated alkanes) is 25. The summed E-state index contributed by atoms with van der Waals surface area (Å²) in [4.78, 5) is 12.3. The third-order valence-corrected chi connectivity index (χ3v) is 10.0. The maximum Gasteiger partial charge on any atom is 0.220 e. The highest BCUT2D eigenvalue weighted by molar-refractivity contribution is 5.76. The summed E-state index contributed by atoms with van der Waals surface area (Å²) >= 11 is 0. The number of hydrogen-bond acceptors (Lipinski definition) is 3. The second-order valence-corrected chi connectivity index (χ2v) is 15.1. The molecule has 0 saturated heterocycles. The molecule has 4 heteroatoms. The number of amides is 1. The number of allylic oxidation sites excluding steroid dienone is 9. The quantitative estimate of drug-likeness (QED) is 0.0435. The lowest BCUT2D eigenvalue weighted by molar-refractivity contribution is -0.123. The molecule has 52 heavy (non-hydrogen) atoms. The minimum Gasteiger partial charge on any atom is -0.394 e. The van der Waals surface area contributed by atoms with Gasteiger partial charge in [0, 0.05) is 6.42 Å². The van der Waals surface area contributed by atoms with Crippen molar-refractivity contribution in [3.8, 4) is 0 Å². The summed E-state index contributed by atoms with van der Waals surface area (Å²) in [6, 6.07) is -0.618. The van der Waals surface area contributed by atoms with Crippen LogP contribution in [0.25, 0.3) is 0 Å². The Balaban J connectivity index is 3.40. The molecule has 302 valence electrons. The Labute approximate surface area is 324 Å². The molecular formula is C48H87NO3. The van der Waals surface area contributed by atoms with Crippen LogP contribution < -0.4 is 5.32 Å². The molecule has 2 atom stereocenters. The van der Waals surface area contributed by atoms with E-state index in [1.54, 1.807) is 6.08 Å². The number of carbonyl (C=O) groups excluding carboxylic acids is 1. The standard InChI is InChI=1S/C48H87NO3/c1-3-5-7-9-11-12-13-14-15-16-17-18-19-20-21-22-23-24-25-26-27-28-29-30-31-32-33-34-35-36-38-40-42-44-48(52)49-46(45-50)47(51)43-41-39-37-10-8-6-4-2/h5,7,11-12,14-15,17-18,41,43,46-47,50-51H,3-4,6,8-10,13,16,19-40,42,44-45H2,1-2H3,(H,49,52)/b7-5-,12-11-,15-14-,18-17-,43-41+. The predicted molar refractivity (Wildman–Crippen MR) is 230 cm³/mol. The van der Waals surface area contributed by atoms with Crippen molar-refractivity contribution in [2.45, 2.75) is 231 Å². The molecule has 0 bridgehead atoms. The maximum absolute atomic E-state index is 12.3. The van der Waals surface area contributed by atoms with Gasteiger partial charge in [-0.05, 0) is 57.8 Å². The molecule has 0 radical (unpaired) electrons. The van der Waals surface area contributed by atoms with Crippen molar-refractivity contribution in [3.05, 3.63) is 60.8 Å². The van der Waals surface area contributed by atoms with Crippen LogP contribution in [0.5, 0.6) is 0 Å². The Bertz CT molecular complexity index is 873. The largest absolute Gasteiger partial charge is 0.394 e. The predicted octanol–water partition coefficient (Wildman–Crippen LogP) is 14.1. The summed E-state index contributed by atoms with van der Waals surface area (Å²) in [6.07, 6.45) is 60.8. The van der Waals surface area contributed by atoms with Gasteiger partial charge in [-0.3, -0.25) is 4.79 Å². The Hall–Kier alpha value is -1.91. The first-order valence-corrected chi connectivity index (χ1v) is 22.5. The second kappa shape index (κ2) is 43.5. The molecule has 0 heterocycles. The fourth-order valence-electron chi connectivity index (χ4n) is 6.58. The summed E-state index contributed by atoms with van der Waals surface area (Å²) in [6.45, 7) is 4.14. The third kappa shape index (κ3) is 39.3. The number of aliphatic hydroxyl groups excluding tert-OH is 2. The lowest BCUT2D eigenvalue weighted by atomic mass is 10.0. The maximum atomic E-state index is 12.3. The van der Waals surface area contributed by atoms with Crippen LogP contribution in [0.2, 0.25) is 0 Å². The van der Waals surface area contributed by atoms with Gasteiger partial charge in [0.15, 0.2) is 0 Å². The highest BCUT2D eigenvalue weighted by Crippen LogP contribution is 2.16. The van der Waals surface area contributed by atoms with E-state index in [9.17, 15) is 15.0 Å². The van der Waals surface area contributed by atoms with Gasteiger partial charge >= 0.3 is 0 Å². The molecule has 0 aromatic carbocycles. The van der Waals surface area contributed by atoms with Gasteiger partial charge in [-0.2, -0.15) is 0 Å². The van der Waals surface area contributed by atoms with E-state index >= 15 is 0 Å². The van der Waals surface area contributed by atoms with Crippen molar-refractivity contribution in [2.24, 2.45) is 0 Å². The van der Waals surface area contributed by atoms with E-state index in [0.717, 1.165) is 51.4 Å². The van der Waals surface area contributed by atoms with Crippen molar-refractivity contribution in [1.82, 2.24) is 5.32 Å². The van der Waals surface area contributed by atoms with Gasteiger partial charge in [-0.15, -0.1) is 0 Å². The third-order valence-electron chi connectivity index (χ3n) is 10.0. The fraction of sp³-hybridized carbons (Fsp3) is 0.771.